The lowest BCUT2D eigenvalue weighted by atomic mass is 9.96. The third kappa shape index (κ3) is 3.97. The molecule has 0 fully saturated rings. The van der Waals surface area contributed by atoms with Crippen molar-refractivity contribution in [2.75, 3.05) is 18.1 Å². The summed E-state index contributed by atoms with van der Waals surface area (Å²) in [5.74, 6) is 0.176. The molecular weight excluding hydrogens is 340 g/mol. The van der Waals surface area contributed by atoms with Gasteiger partial charge in [-0.3, -0.25) is 9.59 Å². The van der Waals surface area contributed by atoms with Crippen molar-refractivity contribution in [3.8, 4) is 5.75 Å². The number of rotatable bonds is 5. The van der Waals surface area contributed by atoms with Crippen molar-refractivity contribution in [3.63, 3.8) is 0 Å². The Balaban J connectivity index is 1.80. The quantitative estimate of drug-likeness (QED) is 0.881. The number of anilines is 1. The van der Waals surface area contributed by atoms with E-state index in [-0.39, 0.29) is 24.5 Å². The van der Waals surface area contributed by atoms with Gasteiger partial charge in [0.15, 0.2) is 6.61 Å². The van der Waals surface area contributed by atoms with Crippen molar-refractivity contribution in [1.29, 1.82) is 0 Å². The van der Waals surface area contributed by atoms with Gasteiger partial charge in [0.25, 0.3) is 11.8 Å². The summed E-state index contributed by atoms with van der Waals surface area (Å²) in [6.45, 7) is 6.24. The van der Waals surface area contributed by atoms with Gasteiger partial charge < -0.3 is 15.0 Å². The van der Waals surface area contributed by atoms with Crippen molar-refractivity contribution in [2.45, 2.75) is 39.7 Å². The molecule has 2 aromatic carbocycles. The van der Waals surface area contributed by atoms with Crippen molar-refractivity contribution in [1.82, 2.24) is 5.32 Å². The third-order valence-corrected chi connectivity index (χ3v) is 4.93. The summed E-state index contributed by atoms with van der Waals surface area (Å²) in [7, 11) is 0. The van der Waals surface area contributed by atoms with E-state index in [4.69, 9.17) is 4.74 Å². The number of nitrogens with one attached hydrogen (secondary N) is 1. The molecule has 0 aromatic heterocycles. The van der Waals surface area contributed by atoms with Crippen LogP contribution in [0.5, 0.6) is 5.75 Å². The first-order valence-corrected chi connectivity index (χ1v) is 9.43. The highest BCUT2D eigenvalue weighted by Gasteiger charge is 2.28. The van der Waals surface area contributed by atoms with E-state index < -0.39 is 0 Å². The zero-order chi connectivity index (χ0) is 19.4. The number of benzene rings is 2. The maximum atomic E-state index is 13.0. The van der Waals surface area contributed by atoms with Gasteiger partial charge in [-0.05, 0) is 56.9 Å². The molecule has 0 aliphatic carbocycles. The minimum atomic E-state index is -0.194. The van der Waals surface area contributed by atoms with Crippen LogP contribution in [0.3, 0.4) is 0 Å². The second-order valence-corrected chi connectivity index (χ2v) is 6.88. The standard InChI is InChI=1S/C22H26N2O3/c1-4-23-22(26)18-10-7-8-15(2)21(18)27-14-20(25)24-16(3)12-13-17-9-5-6-11-19(17)24/h5-11,16H,4,12-14H2,1-3H3,(H,23,26). The summed E-state index contributed by atoms with van der Waals surface area (Å²) in [5, 5.41) is 2.79. The van der Waals surface area contributed by atoms with Crippen molar-refractivity contribution in [3.05, 3.63) is 59.2 Å². The number of carbonyl (C=O) groups excluding carboxylic acids is 2. The minimum Gasteiger partial charge on any atom is -0.483 e. The number of ether oxygens (including phenoxy) is 1. The molecule has 1 aliphatic rings. The lowest BCUT2D eigenvalue weighted by Gasteiger charge is -2.35. The molecule has 1 heterocycles. The van der Waals surface area contributed by atoms with Crippen LogP contribution < -0.4 is 15.0 Å². The summed E-state index contributed by atoms with van der Waals surface area (Å²) >= 11 is 0. The van der Waals surface area contributed by atoms with Crippen LogP contribution in [0.25, 0.3) is 0 Å². The first-order valence-electron chi connectivity index (χ1n) is 9.43. The molecule has 5 nitrogen and oxygen atoms in total. The topological polar surface area (TPSA) is 58.6 Å². The molecule has 2 aromatic rings. The van der Waals surface area contributed by atoms with E-state index in [1.807, 2.05) is 49.1 Å². The second kappa shape index (κ2) is 8.25. The van der Waals surface area contributed by atoms with E-state index in [1.54, 1.807) is 6.07 Å². The Morgan fingerprint density at radius 2 is 1.96 bits per heavy atom. The third-order valence-electron chi connectivity index (χ3n) is 4.93. The zero-order valence-corrected chi connectivity index (χ0v) is 16.1. The normalized spacial score (nSPS) is 15.8. The van der Waals surface area contributed by atoms with Gasteiger partial charge in [-0.2, -0.15) is 0 Å². The lowest BCUT2D eigenvalue weighted by molar-refractivity contribution is -0.121. The first kappa shape index (κ1) is 19.0. The second-order valence-electron chi connectivity index (χ2n) is 6.88. The Morgan fingerprint density at radius 1 is 1.19 bits per heavy atom. The van der Waals surface area contributed by atoms with Gasteiger partial charge in [-0.15, -0.1) is 0 Å². The Kier molecular flexibility index (Phi) is 5.79. The number of carbonyl (C=O) groups is 2. The summed E-state index contributed by atoms with van der Waals surface area (Å²) < 4.78 is 5.86. The maximum absolute atomic E-state index is 13.0. The summed E-state index contributed by atoms with van der Waals surface area (Å²) in [6, 6.07) is 13.5. The molecule has 3 rings (SSSR count). The Hall–Kier alpha value is -2.82. The van der Waals surface area contributed by atoms with Crippen molar-refractivity contribution in [2.24, 2.45) is 0 Å². The average Bonchev–Trinajstić information content (AvgIpc) is 2.66. The maximum Gasteiger partial charge on any atom is 0.265 e. The molecule has 27 heavy (non-hydrogen) atoms. The fourth-order valence-corrected chi connectivity index (χ4v) is 3.55. The first-order chi connectivity index (χ1) is 13.0. The van der Waals surface area contributed by atoms with Gasteiger partial charge >= 0.3 is 0 Å². The van der Waals surface area contributed by atoms with E-state index in [2.05, 4.69) is 18.3 Å². The van der Waals surface area contributed by atoms with Crippen LogP contribution >= 0.6 is 0 Å². The van der Waals surface area contributed by atoms with Crippen LogP contribution in [0.15, 0.2) is 42.5 Å². The predicted octanol–water partition coefficient (Wildman–Crippen LogP) is 3.49. The average molecular weight is 366 g/mol. The number of hydrogen-bond acceptors (Lipinski definition) is 3. The molecule has 0 saturated heterocycles. The molecule has 5 heteroatoms. The van der Waals surface area contributed by atoms with Gasteiger partial charge in [0.05, 0.1) is 5.56 Å². The van der Waals surface area contributed by atoms with E-state index in [0.29, 0.717) is 17.9 Å². The van der Waals surface area contributed by atoms with Gasteiger partial charge in [-0.25, -0.2) is 0 Å². The van der Waals surface area contributed by atoms with E-state index in [9.17, 15) is 9.59 Å². The molecule has 1 unspecified atom stereocenters. The highest BCUT2D eigenvalue weighted by molar-refractivity contribution is 5.98. The molecule has 0 radical (unpaired) electrons. The van der Waals surface area contributed by atoms with Gasteiger partial charge in [0.1, 0.15) is 5.75 Å². The molecule has 2 amide bonds. The van der Waals surface area contributed by atoms with Crippen LogP contribution in [0.4, 0.5) is 5.69 Å². The van der Waals surface area contributed by atoms with E-state index in [0.717, 1.165) is 24.1 Å². The SMILES string of the molecule is CCNC(=O)c1cccc(C)c1OCC(=O)N1c2ccccc2CCC1C. The van der Waals surface area contributed by atoms with Crippen LogP contribution in [0, 0.1) is 6.92 Å². The predicted molar refractivity (Wildman–Crippen MR) is 106 cm³/mol. The van der Waals surface area contributed by atoms with Gasteiger partial charge in [-0.1, -0.05) is 30.3 Å². The number of hydrogen-bond donors (Lipinski definition) is 1. The van der Waals surface area contributed by atoms with Gasteiger partial charge in [0, 0.05) is 18.3 Å². The smallest absolute Gasteiger partial charge is 0.265 e. The van der Waals surface area contributed by atoms with Crippen molar-refractivity contribution < 1.29 is 14.3 Å². The molecule has 142 valence electrons. The number of fused-ring (bicyclic) bond motifs is 1. The lowest BCUT2D eigenvalue weighted by Crippen LogP contribution is -2.44. The molecule has 0 bridgehead atoms. The summed E-state index contributed by atoms with van der Waals surface area (Å²) in [6.07, 6.45) is 1.90. The van der Waals surface area contributed by atoms with E-state index in [1.165, 1.54) is 5.56 Å². The number of amides is 2. The zero-order valence-electron chi connectivity index (χ0n) is 16.1. The fraction of sp³-hybridized carbons (Fsp3) is 0.364. The fourth-order valence-electron chi connectivity index (χ4n) is 3.55. The van der Waals surface area contributed by atoms with Crippen LogP contribution in [0.1, 0.15) is 41.8 Å². The Labute approximate surface area is 160 Å². The minimum absolute atomic E-state index is 0.0975. The van der Waals surface area contributed by atoms with Crippen LogP contribution in [-0.4, -0.2) is 31.0 Å². The van der Waals surface area contributed by atoms with Gasteiger partial charge in [0.2, 0.25) is 0 Å². The molecular formula is C22H26N2O3. The van der Waals surface area contributed by atoms with E-state index >= 15 is 0 Å². The van der Waals surface area contributed by atoms with Crippen LogP contribution in [0.2, 0.25) is 0 Å². The van der Waals surface area contributed by atoms with Crippen LogP contribution in [-0.2, 0) is 11.2 Å². The van der Waals surface area contributed by atoms with Crippen molar-refractivity contribution >= 4 is 17.5 Å². The highest BCUT2D eigenvalue weighted by Crippen LogP contribution is 2.31. The summed E-state index contributed by atoms with van der Waals surface area (Å²) in [4.78, 5) is 27.1. The largest absolute Gasteiger partial charge is 0.483 e. The molecule has 1 N–H and O–H groups in total. The number of aryl methyl sites for hydroxylation is 2. The Morgan fingerprint density at radius 3 is 2.74 bits per heavy atom. The number of nitrogens with zero attached hydrogens (tertiary/aromatic N) is 1. The summed E-state index contributed by atoms with van der Waals surface area (Å²) in [5.41, 5.74) is 3.43. The Bertz CT molecular complexity index is 847. The highest BCUT2D eigenvalue weighted by atomic mass is 16.5. The molecule has 1 atom stereocenters. The number of para-hydroxylation sites is 2. The molecule has 0 saturated carbocycles. The molecule has 0 spiro atoms. The molecule has 1 aliphatic heterocycles. The monoisotopic (exact) mass is 366 g/mol.